The van der Waals surface area contributed by atoms with Crippen molar-refractivity contribution in [2.45, 2.75) is 19.8 Å². The molecule has 0 aromatic heterocycles. The summed E-state index contributed by atoms with van der Waals surface area (Å²) >= 11 is 0. The van der Waals surface area contributed by atoms with Crippen LogP contribution in [0.3, 0.4) is 0 Å². The molecule has 1 N–H and O–H groups in total. The maximum absolute atomic E-state index is 10.3. The Kier molecular flexibility index (Phi) is 6.47. The Balaban J connectivity index is 0.000000181. The molecule has 0 saturated carbocycles. The second-order valence-electron chi connectivity index (χ2n) is 4.14. The van der Waals surface area contributed by atoms with Gasteiger partial charge in [0.05, 0.1) is 0 Å². The maximum Gasteiger partial charge on any atom is 0.193 e. The minimum absolute atomic E-state index is 1.16. The molecule has 0 bridgehead atoms. The van der Waals surface area contributed by atoms with Crippen LogP contribution in [0, 0.1) is 0 Å². The predicted octanol–water partition coefficient (Wildman–Crippen LogP) is 1.13. The van der Waals surface area contributed by atoms with Crippen LogP contribution in [-0.2, 0) is 9.84 Å². The van der Waals surface area contributed by atoms with Crippen molar-refractivity contribution in [3.63, 3.8) is 0 Å². The number of hydrogen-bond acceptors (Lipinski definition) is 4. The van der Waals surface area contributed by atoms with Crippen LogP contribution < -0.4 is 5.32 Å². The second kappa shape index (κ2) is 7.63. The summed E-state index contributed by atoms with van der Waals surface area (Å²) in [6.07, 6.45) is 5.62. The van der Waals surface area contributed by atoms with Crippen molar-refractivity contribution in [1.82, 2.24) is 10.2 Å². The van der Waals surface area contributed by atoms with Crippen LogP contribution in [0.25, 0.3) is 0 Å². The first kappa shape index (κ1) is 14.4. The summed E-state index contributed by atoms with van der Waals surface area (Å²) < 4.78 is 20.5. The molecule has 2 aliphatic rings. The van der Waals surface area contributed by atoms with E-state index in [4.69, 9.17) is 0 Å². The van der Waals surface area contributed by atoms with Crippen molar-refractivity contribution >= 4 is 9.84 Å². The summed E-state index contributed by atoms with van der Waals surface area (Å²) in [5.74, 6) is 0. The SMILES string of the molecule is CCN1CCCNCCC1.O=S1(=O)C=CC=C1. The molecule has 4 nitrogen and oxygen atoms in total. The van der Waals surface area contributed by atoms with Gasteiger partial charge in [-0.2, -0.15) is 0 Å². The van der Waals surface area contributed by atoms with Crippen LogP contribution in [0.5, 0.6) is 0 Å². The van der Waals surface area contributed by atoms with E-state index in [2.05, 4.69) is 17.1 Å². The van der Waals surface area contributed by atoms with Crippen molar-refractivity contribution in [3.8, 4) is 0 Å². The molecule has 5 heteroatoms. The van der Waals surface area contributed by atoms with Gasteiger partial charge in [-0.15, -0.1) is 0 Å². The Bertz CT molecular complexity index is 335. The maximum atomic E-state index is 10.3. The quantitative estimate of drug-likeness (QED) is 0.766. The molecule has 0 radical (unpaired) electrons. The molecule has 98 valence electrons. The molecule has 1 fully saturated rings. The summed E-state index contributed by atoms with van der Waals surface area (Å²) in [7, 11) is -2.91. The molecule has 1 saturated heterocycles. The lowest BCUT2D eigenvalue weighted by molar-refractivity contribution is 0.265. The van der Waals surface area contributed by atoms with Gasteiger partial charge in [-0.05, 0) is 57.7 Å². The van der Waals surface area contributed by atoms with Gasteiger partial charge in [0.25, 0.3) is 0 Å². The molecular weight excluding hydrogens is 236 g/mol. The normalized spacial score (nSPS) is 23.6. The largest absolute Gasteiger partial charge is 0.317 e. The summed E-state index contributed by atoms with van der Waals surface area (Å²) in [6, 6.07) is 0. The monoisotopic (exact) mass is 258 g/mol. The van der Waals surface area contributed by atoms with Gasteiger partial charge in [-0.25, -0.2) is 8.42 Å². The van der Waals surface area contributed by atoms with Crippen LogP contribution in [0.1, 0.15) is 19.8 Å². The first-order chi connectivity index (χ1) is 8.14. The third-order valence-electron chi connectivity index (χ3n) is 2.75. The lowest BCUT2D eigenvalue weighted by Crippen LogP contribution is -2.33. The molecule has 2 aliphatic heterocycles. The molecule has 0 spiro atoms. The van der Waals surface area contributed by atoms with E-state index in [1.165, 1.54) is 57.7 Å². The number of nitrogens with one attached hydrogen (secondary N) is 1. The number of rotatable bonds is 1. The van der Waals surface area contributed by atoms with Crippen molar-refractivity contribution in [3.05, 3.63) is 23.0 Å². The van der Waals surface area contributed by atoms with Gasteiger partial charge in [-0.1, -0.05) is 6.92 Å². The average molecular weight is 258 g/mol. The van der Waals surface area contributed by atoms with Crippen LogP contribution >= 0.6 is 0 Å². The highest BCUT2D eigenvalue weighted by atomic mass is 32.2. The predicted molar refractivity (Wildman–Crippen MR) is 71.4 cm³/mol. The molecule has 2 rings (SSSR count). The minimum atomic E-state index is -2.91. The molecule has 0 atom stereocenters. The fourth-order valence-corrected chi connectivity index (χ4v) is 2.47. The molecule has 0 amide bonds. The van der Waals surface area contributed by atoms with Gasteiger partial charge < -0.3 is 10.2 Å². The van der Waals surface area contributed by atoms with E-state index < -0.39 is 9.84 Å². The van der Waals surface area contributed by atoms with Gasteiger partial charge in [0.15, 0.2) is 9.84 Å². The molecule has 0 aliphatic carbocycles. The number of nitrogens with zero attached hydrogens (tertiary/aromatic N) is 1. The standard InChI is InChI=1S/C8H18N2.C4H4O2S/c1-2-10-7-3-5-9-6-4-8-10;5-7(6)3-1-2-4-7/h9H,2-8H2,1H3;1-4H. The van der Waals surface area contributed by atoms with Crippen LogP contribution in [0.15, 0.2) is 23.0 Å². The van der Waals surface area contributed by atoms with Crippen LogP contribution in [0.4, 0.5) is 0 Å². The number of hydrogen-bond donors (Lipinski definition) is 1. The van der Waals surface area contributed by atoms with E-state index in [0.29, 0.717) is 0 Å². The lowest BCUT2D eigenvalue weighted by atomic mass is 10.3. The Morgan fingerprint density at radius 1 is 1.12 bits per heavy atom. The Morgan fingerprint density at radius 2 is 1.65 bits per heavy atom. The number of sulfone groups is 1. The Labute approximate surface area is 104 Å². The highest BCUT2D eigenvalue weighted by molar-refractivity contribution is 7.97. The molecular formula is C12H22N2O2S. The summed E-state index contributed by atoms with van der Waals surface area (Å²) in [5, 5.41) is 5.72. The highest BCUT2D eigenvalue weighted by Crippen LogP contribution is 2.01. The lowest BCUT2D eigenvalue weighted by Gasteiger charge is -2.22. The molecule has 0 aromatic rings. The van der Waals surface area contributed by atoms with Gasteiger partial charge in [0.2, 0.25) is 0 Å². The molecule has 17 heavy (non-hydrogen) atoms. The second-order valence-corrected chi connectivity index (χ2v) is 5.86. The summed E-state index contributed by atoms with van der Waals surface area (Å²) in [5.41, 5.74) is 0. The fourth-order valence-electron chi connectivity index (χ4n) is 1.76. The van der Waals surface area contributed by atoms with E-state index >= 15 is 0 Å². The third kappa shape index (κ3) is 6.61. The molecule has 2 heterocycles. The zero-order valence-corrected chi connectivity index (χ0v) is 11.2. The third-order valence-corrected chi connectivity index (χ3v) is 3.82. The highest BCUT2D eigenvalue weighted by Gasteiger charge is 2.03. The number of allylic oxidation sites excluding steroid dienone is 2. The first-order valence-electron chi connectivity index (χ1n) is 6.17. The van der Waals surface area contributed by atoms with Gasteiger partial charge in [0, 0.05) is 10.8 Å². The van der Waals surface area contributed by atoms with Crippen molar-refractivity contribution < 1.29 is 8.42 Å². The van der Waals surface area contributed by atoms with Crippen LogP contribution in [-0.4, -0.2) is 46.0 Å². The zero-order chi connectivity index (χ0) is 12.6. The van der Waals surface area contributed by atoms with Crippen LogP contribution in [0.2, 0.25) is 0 Å². The topological polar surface area (TPSA) is 49.4 Å². The fraction of sp³-hybridized carbons (Fsp3) is 0.667. The zero-order valence-electron chi connectivity index (χ0n) is 10.4. The first-order valence-corrected chi connectivity index (χ1v) is 7.78. The van der Waals surface area contributed by atoms with E-state index in [1.807, 2.05) is 0 Å². The summed E-state index contributed by atoms with van der Waals surface area (Å²) in [6.45, 7) is 8.44. The summed E-state index contributed by atoms with van der Waals surface area (Å²) in [4.78, 5) is 2.53. The van der Waals surface area contributed by atoms with Crippen molar-refractivity contribution in [2.75, 3.05) is 32.7 Å². The van der Waals surface area contributed by atoms with Gasteiger partial charge >= 0.3 is 0 Å². The molecule has 0 unspecified atom stereocenters. The van der Waals surface area contributed by atoms with E-state index in [-0.39, 0.29) is 0 Å². The van der Waals surface area contributed by atoms with Gasteiger partial charge in [0.1, 0.15) is 0 Å². The van der Waals surface area contributed by atoms with E-state index in [9.17, 15) is 8.42 Å². The minimum Gasteiger partial charge on any atom is -0.317 e. The Hall–Kier alpha value is -0.650. The van der Waals surface area contributed by atoms with Crippen molar-refractivity contribution in [2.24, 2.45) is 0 Å². The molecule has 0 aromatic carbocycles. The van der Waals surface area contributed by atoms with E-state index in [1.54, 1.807) is 0 Å². The van der Waals surface area contributed by atoms with E-state index in [0.717, 1.165) is 10.8 Å². The average Bonchev–Trinajstić information content (AvgIpc) is 2.64. The smallest absolute Gasteiger partial charge is 0.193 e. The Morgan fingerprint density at radius 3 is 2.00 bits per heavy atom. The van der Waals surface area contributed by atoms with Crippen molar-refractivity contribution in [1.29, 1.82) is 0 Å². The van der Waals surface area contributed by atoms with Gasteiger partial charge in [-0.3, -0.25) is 0 Å².